The predicted molar refractivity (Wildman–Crippen MR) is 72.4 cm³/mol. The molecule has 1 aliphatic rings. The highest BCUT2D eigenvalue weighted by molar-refractivity contribution is 5.95. The zero-order valence-corrected chi connectivity index (χ0v) is 12.0. The summed E-state index contributed by atoms with van der Waals surface area (Å²) in [5.74, 6) is -0.422. The molecule has 0 aromatic carbocycles. The number of nitrogens with zero attached hydrogens (tertiary/aromatic N) is 3. The maximum absolute atomic E-state index is 12.5. The van der Waals surface area contributed by atoms with Gasteiger partial charge in [-0.2, -0.15) is 0 Å². The van der Waals surface area contributed by atoms with Crippen molar-refractivity contribution in [2.45, 2.75) is 33.6 Å². The average Bonchev–Trinajstić information content (AvgIpc) is 2.38. The zero-order chi connectivity index (χ0) is 14.9. The van der Waals surface area contributed by atoms with E-state index in [1.54, 1.807) is 25.7 Å². The molecule has 6 heteroatoms. The van der Waals surface area contributed by atoms with Crippen LogP contribution in [0.2, 0.25) is 0 Å². The number of amides is 1. The molecule has 1 amide bonds. The van der Waals surface area contributed by atoms with E-state index < -0.39 is 11.4 Å². The normalized spacial score (nSPS) is 22.6. The lowest BCUT2D eigenvalue weighted by Crippen LogP contribution is -2.48. The second-order valence-corrected chi connectivity index (χ2v) is 5.61. The van der Waals surface area contributed by atoms with Crippen molar-refractivity contribution in [2.24, 2.45) is 5.41 Å². The summed E-state index contributed by atoms with van der Waals surface area (Å²) in [6.07, 6.45) is 2.81. The minimum absolute atomic E-state index is 0.185. The number of hydrogen-bond donors (Lipinski definition) is 1. The lowest BCUT2D eigenvalue weighted by molar-refractivity contribution is -0.150. The van der Waals surface area contributed by atoms with E-state index in [1.807, 2.05) is 0 Å². The number of hydrogen-bond acceptors (Lipinski definition) is 4. The number of carboxylic acids is 1. The molecule has 6 nitrogen and oxygen atoms in total. The Morgan fingerprint density at radius 1 is 1.40 bits per heavy atom. The molecule has 1 N–H and O–H groups in total. The minimum Gasteiger partial charge on any atom is -0.481 e. The summed E-state index contributed by atoms with van der Waals surface area (Å²) in [7, 11) is 0. The van der Waals surface area contributed by atoms with Crippen LogP contribution in [0.15, 0.2) is 6.20 Å². The monoisotopic (exact) mass is 277 g/mol. The molecule has 2 rings (SSSR count). The number of rotatable bonds is 2. The molecule has 1 fully saturated rings. The Bertz CT molecular complexity index is 559. The van der Waals surface area contributed by atoms with Crippen LogP contribution in [0.3, 0.4) is 0 Å². The Kier molecular flexibility index (Phi) is 3.74. The summed E-state index contributed by atoms with van der Waals surface area (Å²) in [6, 6.07) is 0. The van der Waals surface area contributed by atoms with Gasteiger partial charge in [-0.15, -0.1) is 0 Å². The highest BCUT2D eigenvalue weighted by Crippen LogP contribution is 2.30. The summed E-state index contributed by atoms with van der Waals surface area (Å²) < 4.78 is 0. The van der Waals surface area contributed by atoms with Crippen LogP contribution in [0.1, 0.15) is 41.6 Å². The van der Waals surface area contributed by atoms with Crippen LogP contribution in [-0.4, -0.2) is 44.9 Å². The van der Waals surface area contributed by atoms with Crippen LogP contribution in [0.25, 0.3) is 0 Å². The molecule has 1 aliphatic heterocycles. The van der Waals surface area contributed by atoms with Gasteiger partial charge >= 0.3 is 5.97 Å². The van der Waals surface area contributed by atoms with E-state index >= 15 is 0 Å². The van der Waals surface area contributed by atoms with Crippen molar-refractivity contribution in [2.75, 3.05) is 13.1 Å². The third-order valence-electron chi connectivity index (χ3n) is 3.83. The Labute approximate surface area is 117 Å². The smallest absolute Gasteiger partial charge is 0.311 e. The molecule has 0 radical (unpaired) electrons. The second-order valence-electron chi connectivity index (χ2n) is 5.61. The van der Waals surface area contributed by atoms with Crippen molar-refractivity contribution in [3.05, 3.63) is 23.3 Å². The van der Waals surface area contributed by atoms with Crippen LogP contribution in [0, 0.1) is 19.3 Å². The van der Waals surface area contributed by atoms with Crippen LogP contribution in [0.4, 0.5) is 0 Å². The van der Waals surface area contributed by atoms with E-state index in [1.165, 1.54) is 6.20 Å². The molecule has 1 aromatic rings. The molecule has 108 valence electrons. The molecule has 1 unspecified atom stereocenters. The Morgan fingerprint density at radius 2 is 2.10 bits per heavy atom. The highest BCUT2D eigenvalue weighted by atomic mass is 16.4. The van der Waals surface area contributed by atoms with E-state index in [4.69, 9.17) is 0 Å². The maximum Gasteiger partial charge on any atom is 0.311 e. The van der Waals surface area contributed by atoms with E-state index in [-0.39, 0.29) is 12.5 Å². The lowest BCUT2D eigenvalue weighted by atomic mass is 9.82. The van der Waals surface area contributed by atoms with Crippen molar-refractivity contribution in [3.8, 4) is 0 Å². The highest BCUT2D eigenvalue weighted by Gasteiger charge is 2.39. The molecular formula is C14H19N3O3. The van der Waals surface area contributed by atoms with Crippen LogP contribution in [-0.2, 0) is 4.79 Å². The second kappa shape index (κ2) is 5.19. The van der Waals surface area contributed by atoms with Crippen LogP contribution >= 0.6 is 0 Å². The number of aromatic nitrogens is 2. The number of piperidine rings is 1. The fraction of sp³-hybridized carbons (Fsp3) is 0.571. The molecule has 20 heavy (non-hydrogen) atoms. The summed E-state index contributed by atoms with van der Waals surface area (Å²) in [6.45, 7) is 6.03. The van der Waals surface area contributed by atoms with Crippen molar-refractivity contribution >= 4 is 11.9 Å². The molecule has 2 heterocycles. The largest absolute Gasteiger partial charge is 0.481 e. The molecule has 1 saturated heterocycles. The summed E-state index contributed by atoms with van der Waals surface area (Å²) in [4.78, 5) is 33.7. The maximum atomic E-state index is 12.5. The van der Waals surface area contributed by atoms with Crippen molar-refractivity contribution < 1.29 is 14.7 Å². The minimum atomic E-state index is -0.868. The molecule has 0 saturated carbocycles. The topological polar surface area (TPSA) is 83.4 Å². The van der Waals surface area contributed by atoms with Gasteiger partial charge in [0.25, 0.3) is 5.91 Å². The number of carbonyl (C=O) groups excluding carboxylic acids is 1. The number of aryl methyl sites for hydroxylation is 2. The van der Waals surface area contributed by atoms with Gasteiger partial charge in [-0.3, -0.25) is 9.59 Å². The number of aliphatic carboxylic acids is 1. The van der Waals surface area contributed by atoms with Gasteiger partial charge in [-0.1, -0.05) is 0 Å². The van der Waals surface area contributed by atoms with Gasteiger partial charge in [0.15, 0.2) is 0 Å². The Morgan fingerprint density at radius 3 is 2.70 bits per heavy atom. The van der Waals surface area contributed by atoms with Gasteiger partial charge in [0.05, 0.1) is 16.7 Å². The molecule has 0 spiro atoms. The summed E-state index contributed by atoms with van der Waals surface area (Å²) in [5, 5.41) is 9.30. The molecule has 1 aromatic heterocycles. The van der Waals surface area contributed by atoms with Crippen molar-refractivity contribution in [1.29, 1.82) is 0 Å². The number of carboxylic acid groups (broad SMARTS) is 1. The Hall–Kier alpha value is -1.98. The fourth-order valence-corrected chi connectivity index (χ4v) is 2.55. The first kappa shape index (κ1) is 14.4. The molecule has 0 bridgehead atoms. The standard InChI is InChI=1S/C14H19N3O3/c1-9-11(7-15-10(2)16-9)12(18)17-6-4-5-14(3,8-17)13(19)20/h7H,4-6,8H2,1-3H3,(H,19,20). The van der Waals surface area contributed by atoms with Gasteiger partial charge < -0.3 is 10.0 Å². The van der Waals surface area contributed by atoms with E-state index in [9.17, 15) is 14.7 Å². The first-order valence-corrected chi connectivity index (χ1v) is 6.66. The third kappa shape index (κ3) is 2.64. The first-order chi connectivity index (χ1) is 9.33. The molecule has 1 atom stereocenters. The van der Waals surface area contributed by atoms with Crippen molar-refractivity contribution in [1.82, 2.24) is 14.9 Å². The Balaban J connectivity index is 2.23. The van der Waals surface area contributed by atoms with Gasteiger partial charge in [0, 0.05) is 19.3 Å². The van der Waals surface area contributed by atoms with Gasteiger partial charge in [0.2, 0.25) is 0 Å². The van der Waals surface area contributed by atoms with E-state index in [0.29, 0.717) is 36.5 Å². The lowest BCUT2D eigenvalue weighted by Gasteiger charge is -2.37. The van der Waals surface area contributed by atoms with Crippen LogP contribution < -0.4 is 0 Å². The quantitative estimate of drug-likeness (QED) is 0.884. The van der Waals surface area contributed by atoms with E-state index in [0.717, 1.165) is 0 Å². The molecular weight excluding hydrogens is 258 g/mol. The average molecular weight is 277 g/mol. The summed E-state index contributed by atoms with van der Waals surface area (Å²) in [5.41, 5.74) is 0.211. The number of likely N-dealkylation sites (tertiary alicyclic amines) is 1. The first-order valence-electron chi connectivity index (χ1n) is 6.66. The third-order valence-corrected chi connectivity index (χ3v) is 3.83. The van der Waals surface area contributed by atoms with Crippen LogP contribution in [0.5, 0.6) is 0 Å². The summed E-state index contributed by atoms with van der Waals surface area (Å²) >= 11 is 0. The van der Waals surface area contributed by atoms with Gasteiger partial charge in [-0.25, -0.2) is 9.97 Å². The van der Waals surface area contributed by atoms with Gasteiger partial charge in [-0.05, 0) is 33.6 Å². The SMILES string of the molecule is Cc1ncc(C(=O)N2CCCC(C)(C(=O)O)C2)c(C)n1. The zero-order valence-electron chi connectivity index (χ0n) is 12.0. The van der Waals surface area contributed by atoms with E-state index in [2.05, 4.69) is 9.97 Å². The van der Waals surface area contributed by atoms with Gasteiger partial charge in [0.1, 0.15) is 5.82 Å². The van der Waals surface area contributed by atoms with Crippen molar-refractivity contribution in [3.63, 3.8) is 0 Å². The molecule has 0 aliphatic carbocycles. The predicted octanol–water partition coefficient (Wildman–Crippen LogP) is 1.42. The fourth-order valence-electron chi connectivity index (χ4n) is 2.55. The number of carbonyl (C=O) groups is 2.